The second kappa shape index (κ2) is 8.02. The lowest BCUT2D eigenvalue weighted by molar-refractivity contribution is -0.170. The molecule has 116 valence electrons. The molecule has 1 N–H and O–H groups in total. The van der Waals surface area contributed by atoms with E-state index in [4.69, 9.17) is 9.47 Å². The van der Waals surface area contributed by atoms with Gasteiger partial charge in [-0.25, -0.2) is 0 Å². The van der Waals surface area contributed by atoms with Gasteiger partial charge in [0.1, 0.15) is 5.75 Å². The Bertz CT molecular complexity index is 503. The first-order valence-electron chi connectivity index (χ1n) is 6.75. The molecule has 6 heteroatoms. The fourth-order valence-electron chi connectivity index (χ4n) is 1.94. The summed E-state index contributed by atoms with van der Waals surface area (Å²) in [6, 6.07) is 7.22. The van der Waals surface area contributed by atoms with E-state index < -0.39 is 17.4 Å². The minimum absolute atomic E-state index is 0.0597. The Hall–Kier alpha value is -1.56. The van der Waals surface area contributed by atoms with Crippen LogP contribution < -0.4 is 4.74 Å². The maximum absolute atomic E-state index is 12.0. The number of halogens is 1. The molecule has 5 nitrogen and oxygen atoms in total. The monoisotopic (exact) mass is 358 g/mol. The average molecular weight is 359 g/mol. The van der Waals surface area contributed by atoms with Gasteiger partial charge in [-0.3, -0.25) is 9.59 Å². The molecule has 0 amide bonds. The molecule has 0 fully saturated rings. The van der Waals surface area contributed by atoms with Crippen LogP contribution in [0.2, 0.25) is 0 Å². The van der Waals surface area contributed by atoms with E-state index in [0.29, 0.717) is 5.75 Å². The number of rotatable bonds is 8. The fraction of sp³-hybridized carbons (Fsp3) is 0.467. The molecule has 1 aromatic rings. The van der Waals surface area contributed by atoms with Crippen molar-refractivity contribution < 1.29 is 24.2 Å². The van der Waals surface area contributed by atoms with Crippen LogP contribution in [0.4, 0.5) is 0 Å². The van der Waals surface area contributed by atoms with E-state index in [2.05, 4.69) is 15.9 Å². The quantitative estimate of drug-likeness (QED) is 0.570. The molecule has 1 atom stereocenters. The minimum atomic E-state index is -1.55. The van der Waals surface area contributed by atoms with E-state index in [-0.39, 0.29) is 26.1 Å². The Morgan fingerprint density at radius 2 is 2.05 bits per heavy atom. The van der Waals surface area contributed by atoms with Crippen LogP contribution in [0, 0.1) is 5.41 Å². The number of hydrogen-bond donors (Lipinski definition) is 1. The first-order chi connectivity index (χ1) is 9.96. The van der Waals surface area contributed by atoms with Crippen LogP contribution >= 0.6 is 15.9 Å². The van der Waals surface area contributed by atoms with E-state index in [1.54, 1.807) is 26.0 Å². The van der Waals surface area contributed by atoms with E-state index in [9.17, 15) is 14.7 Å². The van der Waals surface area contributed by atoms with E-state index in [1.807, 2.05) is 12.1 Å². The van der Waals surface area contributed by atoms with Gasteiger partial charge in [0.15, 0.2) is 5.41 Å². The number of carbonyl (C=O) groups is 2. The lowest BCUT2D eigenvalue weighted by atomic mass is 9.82. The molecule has 0 saturated heterocycles. The van der Waals surface area contributed by atoms with Gasteiger partial charge in [0.25, 0.3) is 0 Å². The summed E-state index contributed by atoms with van der Waals surface area (Å²) in [4.78, 5) is 23.5. The van der Waals surface area contributed by atoms with Crippen LogP contribution in [0.5, 0.6) is 5.75 Å². The molecule has 1 aromatic carbocycles. The Labute approximate surface area is 132 Å². The van der Waals surface area contributed by atoms with Crippen molar-refractivity contribution in [1.82, 2.24) is 0 Å². The van der Waals surface area contributed by atoms with E-state index >= 15 is 0 Å². The average Bonchev–Trinajstić information content (AvgIpc) is 2.43. The molecule has 1 rings (SSSR count). The van der Waals surface area contributed by atoms with Crippen molar-refractivity contribution >= 4 is 27.9 Å². The third-order valence-electron chi connectivity index (χ3n) is 3.27. The zero-order valence-electron chi connectivity index (χ0n) is 12.1. The smallest absolute Gasteiger partial charge is 0.323 e. The Kier molecular flexibility index (Phi) is 6.68. The van der Waals surface area contributed by atoms with Gasteiger partial charge in [-0.2, -0.15) is 0 Å². The molecule has 0 aliphatic heterocycles. The molecule has 0 heterocycles. The summed E-state index contributed by atoms with van der Waals surface area (Å²) >= 11 is 3.33. The van der Waals surface area contributed by atoms with Crippen molar-refractivity contribution in [2.45, 2.75) is 26.7 Å². The third-order valence-corrected chi connectivity index (χ3v) is 3.77. The lowest BCUT2D eigenvalue weighted by Gasteiger charge is -2.25. The second-order valence-corrected chi connectivity index (χ2v) is 5.43. The Balaban J connectivity index is 2.74. The Morgan fingerprint density at radius 3 is 2.57 bits per heavy atom. The van der Waals surface area contributed by atoms with Gasteiger partial charge in [0.2, 0.25) is 0 Å². The van der Waals surface area contributed by atoms with Crippen LogP contribution in [0.15, 0.2) is 28.7 Å². The van der Waals surface area contributed by atoms with Crippen molar-refractivity contribution in [2.24, 2.45) is 5.41 Å². The molecule has 0 bridgehead atoms. The zero-order valence-corrected chi connectivity index (χ0v) is 13.7. The summed E-state index contributed by atoms with van der Waals surface area (Å²) in [5, 5.41) is 9.40. The normalized spacial score (nSPS) is 13.3. The molecule has 0 aliphatic rings. The summed E-state index contributed by atoms with van der Waals surface area (Å²) < 4.78 is 11.3. The highest BCUT2D eigenvalue weighted by Gasteiger charge is 2.46. The van der Waals surface area contributed by atoms with Gasteiger partial charge >= 0.3 is 11.9 Å². The topological polar surface area (TPSA) is 72.8 Å². The number of esters is 1. The third kappa shape index (κ3) is 4.46. The summed E-state index contributed by atoms with van der Waals surface area (Å²) in [7, 11) is 0. The summed E-state index contributed by atoms with van der Waals surface area (Å²) in [5.74, 6) is -1.28. The number of carboxylic acids is 1. The zero-order chi connectivity index (χ0) is 15.9. The predicted molar refractivity (Wildman–Crippen MR) is 81.2 cm³/mol. The van der Waals surface area contributed by atoms with Crippen molar-refractivity contribution in [3.05, 3.63) is 28.7 Å². The molecule has 0 aromatic heterocycles. The van der Waals surface area contributed by atoms with Crippen molar-refractivity contribution in [1.29, 1.82) is 0 Å². The highest BCUT2D eigenvalue weighted by atomic mass is 79.9. The minimum Gasteiger partial charge on any atom is -0.494 e. The van der Waals surface area contributed by atoms with Crippen LogP contribution in [0.3, 0.4) is 0 Å². The molecular weight excluding hydrogens is 340 g/mol. The second-order valence-electron chi connectivity index (χ2n) is 4.52. The molecule has 0 radical (unpaired) electrons. The summed E-state index contributed by atoms with van der Waals surface area (Å²) in [5.41, 5.74) is -1.55. The van der Waals surface area contributed by atoms with Crippen LogP contribution in [0.1, 0.15) is 26.7 Å². The van der Waals surface area contributed by atoms with Crippen LogP contribution in [0.25, 0.3) is 0 Å². The number of hydrogen-bond acceptors (Lipinski definition) is 4. The summed E-state index contributed by atoms with van der Waals surface area (Å²) in [6.45, 7) is 3.58. The maximum atomic E-state index is 12.0. The number of benzene rings is 1. The fourth-order valence-corrected chi connectivity index (χ4v) is 2.32. The van der Waals surface area contributed by atoms with Crippen LogP contribution in [-0.2, 0) is 14.3 Å². The molecule has 0 spiro atoms. The largest absolute Gasteiger partial charge is 0.494 e. The molecular formula is C15H19BrO5. The number of carbonyl (C=O) groups excluding carboxylic acids is 1. The summed E-state index contributed by atoms with van der Waals surface area (Å²) in [6.07, 6.45) is 0.215. The maximum Gasteiger partial charge on any atom is 0.323 e. The predicted octanol–water partition coefficient (Wildman–Crippen LogP) is 3.26. The van der Waals surface area contributed by atoms with Gasteiger partial charge < -0.3 is 14.6 Å². The van der Waals surface area contributed by atoms with Crippen molar-refractivity contribution in [3.8, 4) is 5.75 Å². The number of ether oxygens (including phenoxy) is 2. The van der Waals surface area contributed by atoms with Crippen molar-refractivity contribution in [3.63, 3.8) is 0 Å². The van der Waals surface area contributed by atoms with Gasteiger partial charge in [-0.05, 0) is 31.5 Å². The molecule has 1 unspecified atom stereocenters. The van der Waals surface area contributed by atoms with Gasteiger partial charge in [0.05, 0.1) is 13.2 Å². The van der Waals surface area contributed by atoms with Crippen molar-refractivity contribution in [2.75, 3.05) is 13.2 Å². The molecule has 0 saturated carbocycles. The highest BCUT2D eigenvalue weighted by Crippen LogP contribution is 2.29. The highest BCUT2D eigenvalue weighted by molar-refractivity contribution is 9.10. The van der Waals surface area contributed by atoms with Gasteiger partial charge in [-0.1, -0.05) is 28.9 Å². The molecule has 21 heavy (non-hydrogen) atoms. The van der Waals surface area contributed by atoms with E-state index in [1.165, 1.54) is 0 Å². The lowest BCUT2D eigenvalue weighted by Crippen LogP contribution is -2.41. The van der Waals surface area contributed by atoms with Gasteiger partial charge in [0, 0.05) is 10.9 Å². The first-order valence-corrected chi connectivity index (χ1v) is 7.54. The SMILES string of the molecule is CCOC(=O)C(CC)(CCOc1cccc(Br)c1)C(=O)O. The van der Waals surface area contributed by atoms with Crippen LogP contribution in [-0.4, -0.2) is 30.3 Å². The molecule has 0 aliphatic carbocycles. The number of carboxylic acid groups (broad SMARTS) is 1. The first kappa shape index (κ1) is 17.5. The van der Waals surface area contributed by atoms with E-state index in [0.717, 1.165) is 4.47 Å². The van der Waals surface area contributed by atoms with Gasteiger partial charge in [-0.15, -0.1) is 0 Å². The standard InChI is InChI=1S/C15H19BrO5/c1-3-15(13(17)18,14(19)20-4-2)8-9-21-12-7-5-6-11(16)10-12/h5-7,10H,3-4,8-9H2,1-2H3,(H,17,18). The Morgan fingerprint density at radius 1 is 1.33 bits per heavy atom. The number of aliphatic carboxylic acids is 1.